The average Bonchev–Trinajstić information content (AvgIpc) is 3.25. The molecule has 2 atom stereocenters. The Morgan fingerprint density at radius 3 is 2.36 bits per heavy atom. The SMILES string of the molecule is CN=C(Nc1nc(C(C)N(C)Cc2ccccc2)n(Cc2ccc(C(F)(F)F)cc2)c1C=N[C@H](C)C1CCC1)C(=O)O. The first kappa shape index (κ1) is 31.0. The molecule has 1 aromatic heterocycles. The van der Waals surface area contributed by atoms with Crippen LogP contribution in [0.1, 0.15) is 67.4 Å². The summed E-state index contributed by atoms with van der Waals surface area (Å²) in [5, 5.41) is 12.5. The van der Waals surface area contributed by atoms with E-state index in [0.29, 0.717) is 29.5 Å². The molecule has 1 unspecified atom stereocenters. The van der Waals surface area contributed by atoms with E-state index in [4.69, 9.17) is 9.98 Å². The fourth-order valence-electron chi connectivity index (χ4n) is 4.93. The zero-order valence-electron chi connectivity index (χ0n) is 24.3. The molecular weight excluding hydrogens is 545 g/mol. The Kier molecular flexibility index (Phi) is 9.82. The third kappa shape index (κ3) is 7.44. The summed E-state index contributed by atoms with van der Waals surface area (Å²) in [5.41, 5.74) is 1.54. The Balaban J connectivity index is 1.79. The number of halogens is 3. The van der Waals surface area contributed by atoms with Gasteiger partial charge in [0.2, 0.25) is 5.84 Å². The Morgan fingerprint density at radius 1 is 1.14 bits per heavy atom. The van der Waals surface area contributed by atoms with Gasteiger partial charge in [0, 0.05) is 26.4 Å². The van der Waals surface area contributed by atoms with Crippen LogP contribution in [0.4, 0.5) is 19.0 Å². The molecule has 1 aliphatic carbocycles. The molecule has 0 amide bonds. The molecule has 11 heteroatoms. The van der Waals surface area contributed by atoms with Crippen molar-refractivity contribution in [3.05, 3.63) is 82.8 Å². The Morgan fingerprint density at radius 2 is 1.81 bits per heavy atom. The number of anilines is 1. The van der Waals surface area contributed by atoms with E-state index in [2.05, 4.69) is 22.1 Å². The third-order valence-electron chi connectivity index (χ3n) is 7.89. The molecule has 224 valence electrons. The number of benzene rings is 2. The maximum atomic E-state index is 13.2. The fraction of sp³-hybridized carbons (Fsp3) is 0.419. The van der Waals surface area contributed by atoms with Crippen LogP contribution in [-0.2, 0) is 24.1 Å². The lowest BCUT2D eigenvalue weighted by Gasteiger charge is -2.28. The standard InChI is InChI=1S/C31H37F3N6O2/c1-20(24-11-8-12-24)36-17-26-27(37-28(35-3)30(41)42)38-29(21(2)39(4)18-22-9-6-5-7-10-22)40(26)19-23-13-15-25(16-14-23)31(32,33)34/h5-7,9-10,13-17,20-21,24H,8,11-12,18-19H2,1-4H3,(H,35,37)(H,41,42)/t20-,21?/m1/s1. The molecule has 4 rings (SSSR count). The highest BCUT2D eigenvalue weighted by Crippen LogP contribution is 2.32. The molecule has 8 nitrogen and oxygen atoms in total. The number of aliphatic imine (C=N–C) groups is 2. The number of nitrogens with zero attached hydrogens (tertiary/aromatic N) is 5. The van der Waals surface area contributed by atoms with Crippen LogP contribution in [0.3, 0.4) is 0 Å². The number of aliphatic carboxylic acids is 1. The van der Waals surface area contributed by atoms with Gasteiger partial charge in [-0.05, 0) is 62.9 Å². The van der Waals surface area contributed by atoms with Crippen molar-refractivity contribution in [3.8, 4) is 0 Å². The fourth-order valence-corrected chi connectivity index (χ4v) is 4.93. The summed E-state index contributed by atoms with van der Waals surface area (Å²) in [5.74, 6) is -0.172. The van der Waals surface area contributed by atoms with Crippen molar-refractivity contribution in [2.24, 2.45) is 15.9 Å². The number of imidazole rings is 1. The number of hydrogen-bond acceptors (Lipinski definition) is 5. The number of amidine groups is 1. The van der Waals surface area contributed by atoms with Crippen molar-refractivity contribution in [2.45, 2.75) is 64.5 Å². The van der Waals surface area contributed by atoms with Crippen LogP contribution in [0.2, 0.25) is 0 Å². The van der Waals surface area contributed by atoms with Crippen LogP contribution < -0.4 is 5.32 Å². The van der Waals surface area contributed by atoms with Gasteiger partial charge in [-0.25, -0.2) is 9.78 Å². The molecule has 1 saturated carbocycles. The minimum Gasteiger partial charge on any atom is -0.475 e. The molecule has 0 bridgehead atoms. The quantitative estimate of drug-likeness (QED) is 0.217. The van der Waals surface area contributed by atoms with Gasteiger partial charge >= 0.3 is 12.1 Å². The van der Waals surface area contributed by atoms with E-state index in [1.165, 1.54) is 25.6 Å². The van der Waals surface area contributed by atoms with Crippen LogP contribution in [-0.4, -0.2) is 57.7 Å². The highest BCUT2D eigenvalue weighted by molar-refractivity contribution is 6.39. The van der Waals surface area contributed by atoms with Gasteiger partial charge in [0.15, 0.2) is 5.82 Å². The third-order valence-corrected chi connectivity index (χ3v) is 7.89. The minimum atomic E-state index is -4.44. The molecular formula is C31H37F3N6O2. The van der Waals surface area contributed by atoms with E-state index in [9.17, 15) is 23.1 Å². The number of alkyl halides is 3. The first-order valence-electron chi connectivity index (χ1n) is 14.0. The van der Waals surface area contributed by atoms with Crippen molar-refractivity contribution in [3.63, 3.8) is 0 Å². The Bertz CT molecular complexity index is 1410. The van der Waals surface area contributed by atoms with Gasteiger partial charge in [0.1, 0.15) is 11.5 Å². The second kappa shape index (κ2) is 13.3. The van der Waals surface area contributed by atoms with Gasteiger partial charge in [-0.3, -0.25) is 14.9 Å². The number of carboxylic acids is 1. The first-order chi connectivity index (χ1) is 20.0. The van der Waals surface area contributed by atoms with Gasteiger partial charge in [0.25, 0.3) is 0 Å². The maximum Gasteiger partial charge on any atom is 0.416 e. The van der Waals surface area contributed by atoms with Crippen molar-refractivity contribution < 1.29 is 23.1 Å². The van der Waals surface area contributed by atoms with Gasteiger partial charge < -0.3 is 15.0 Å². The highest BCUT2D eigenvalue weighted by atomic mass is 19.4. The van der Waals surface area contributed by atoms with Crippen molar-refractivity contribution in [1.29, 1.82) is 0 Å². The predicted molar refractivity (Wildman–Crippen MR) is 158 cm³/mol. The summed E-state index contributed by atoms with van der Waals surface area (Å²) < 4.78 is 41.6. The van der Waals surface area contributed by atoms with Crippen LogP contribution in [0.5, 0.6) is 0 Å². The molecule has 42 heavy (non-hydrogen) atoms. The van der Waals surface area contributed by atoms with Crippen LogP contribution in [0, 0.1) is 5.92 Å². The molecule has 1 fully saturated rings. The molecule has 0 radical (unpaired) electrons. The number of rotatable bonds is 10. The molecule has 1 heterocycles. The van der Waals surface area contributed by atoms with Gasteiger partial charge in [-0.15, -0.1) is 0 Å². The average molecular weight is 583 g/mol. The summed E-state index contributed by atoms with van der Waals surface area (Å²) in [6.45, 7) is 4.87. The lowest BCUT2D eigenvalue weighted by molar-refractivity contribution is -0.137. The predicted octanol–water partition coefficient (Wildman–Crippen LogP) is 6.28. The summed E-state index contributed by atoms with van der Waals surface area (Å²) in [6.07, 6.45) is 0.643. The number of hydrogen-bond donors (Lipinski definition) is 2. The van der Waals surface area contributed by atoms with Gasteiger partial charge in [0.05, 0.1) is 17.6 Å². The van der Waals surface area contributed by atoms with Crippen molar-refractivity contribution in [2.75, 3.05) is 19.4 Å². The molecule has 0 aliphatic heterocycles. The molecule has 0 saturated heterocycles. The minimum absolute atomic E-state index is 0.0569. The summed E-state index contributed by atoms with van der Waals surface area (Å²) in [7, 11) is 3.34. The van der Waals surface area contributed by atoms with Crippen LogP contribution in [0.25, 0.3) is 0 Å². The Hall–Kier alpha value is -3.99. The van der Waals surface area contributed by atoms with E-state index in [0.717, 1.165) is 30.5 Å². The van der Waals surface area contributed by atoms with Crippen LogP contribution >= 0.6 is 0 Å². The largest absolute Gasteiger partial charge is 0.475 e. The monoisotopic (exact) mass is 582 g/mol. The maximum absolute atomic E-state index is 13.2. The number of carbonyl (C=O) groups is 1. The van der Waals surface area contributed by atoms with Crippen molar-refractivity contribution in [1.82, 2.24) is 14.5 Å². The smallest absolute Gasteiger partial charge is 0.416 e. The van der Waals surface area contributed by atoms with E-state index < -0.39 is 17.7 Å². The van der Waals surface area contributed by atoms with E-state index in [1.54, 1.807) is 6.21 Å². The van der Waals surface area contributed by atoms with Gasteiger partial charge in [-0.2, -0.15) is 13.2 Å². The Labute approximate surface area is 244 Å². The molecule has 1 aliphatic rings. The molecule has 3 aromatic rings. The number of carboxylic acid groups (broad SMARTS) is 1. The summed E-state index contributed by atoms with van der Waals surface area (Å²) in [6, 6.07) is 14.8. The number of nitrogens with one attached hydrogen (secondary N) is 1. The normalized spacial score (nSPS) is 16.0. The van der Waals surface area contributed by atoms with E-state index in [-0.39, 0.29) is 30.3 Å². The highest BCUT2D eigenvalue weighted by Gasteiger charge is 2.30. The molecule has 2 N–H and O–H groups in total. The summed E-state index contributed by atoms with van der Waals surface area (Å²) in [4.78, 5) is 27.5. The zero-order chi connectivity index (χ0) is 30.4. The van der Waals surface area contributed by atoms with E-state index >= 15 is 0 Å². The number of aromatic nitrogens is 2. The summed E-state index contributed by atoms with van der Waals surface area (Å²) >= 11 is 0. The second-order valence-corrected chi connectivity index (χ2v) is 10.8. The first-order valence-corrected chi connectivity index (χ1v) is 14.0. The van der Waals surface area contributed by atoms with E-state index in [1.807, 2.05) is 48.9 Å². The van der Waals surface area contributed by atoms with Crippen molar-refractivity contribution >= 4 is 23.8 Å². The molecule has 0 spiro atoms. The lowest BCUT2D eigenvalue weighted by atomic mass is 9.81. The second-order valence-electron chi connectivity index (χ2n) is 10.8. The van der Waals surface area contributed by atoms with Gasteiger partial charge in [-0.1, -0.05) is 48.9 Å². The van der Waals surface area contributed by atoms with Crippen LogP contribution in [0.15, 0.2) is 64.6 Å². The molecule has 2 aromatic carbocycles. The zero-order valence-corrected chi connectivity index (χ0v) is 24.3. The lowest BCUT2D eigenvalue weighted by Crippen LogP contribution is -2.25. The topological polar surface area (TPSA) is 95.1 Å².